The summed E-state index contributed by atoms with van der Waals surface area (Å²) in [6, 6.07) is 11.6. The van der Waals surface area contributed by atoms with E-state index in [4.69, 9.17) is 19.8 Å². The van der Waals surface area contributed by atoms with Crippen molar-refractivity contribution in [2.75, 3.05) is 0 Å². The number of hydrogen-bond acceptors (Lipinski definition) is 6. The van der Waals surface area contributed by atoms with Gasteiger partial charge in [-0.05, 0) is 38.1 Å². The summed E-state index contributed by atoms with van der Waals surface area (Å²) in [6.45, 7) is 1.94. The van der Waals surface area contributed by atoms with Crippen molar-refractivity contribution < 1.29 is 36.9 Å². The van der Waals surface area contributed by atoms with E-state index in [0.29, 0.717) is 0 Å². The quantitative estimate of drug-likeness (QED) is 0.659. The monoisotopic (exact) mass is 337 g/mol. The zero-order chi connectivity index (χ0) is 15.4. The summed E-state index contributed by atoms with van der Waals surface area (Å²) in [5.74, 6) is -2.17. The number of carboxylic acids is 2. The van der Waals surface area contributed by atoms with E-state index >= 15 is 0 Å². The summed E-state index contributed by atoms with van der Waals surface area (Å²) < 4.78 is 0. The standard InChI is InChI=1S/C10H8N2.2C2H4O2.Cu/c1-3-7-11-9(5-1)10-6-2-4-8-12-10;2*1-2(3)4;/h1-8H;2*1H3,(H,3,4);/q;;;+2/p-2. The summed E-state index contributed by atoms with van der Waals surface area (Å²) in [5, 5.41) is 17.8. The van der Waals surface area contributed by atoms with Gasteiger partial charge in [0.25, 0.3) is 0 Å². The molecule has 0 aliphatic rings. The van der Waals surface area contributed by atoms with Crippen molar-refractivity contribution in [3.63, 3.8) is 0 Å². The minimum absolute atomic E-state index is 0. The van der Waals surface area contributed by atoms with Crippen LogP contribution in [0.15, 0.2) is 48.8 Å². The molecule has 21 heavy (non-hydrogen) atoms. The van der Waals surface area contributed by atoms with E-state index < -0.39 is 11.9 Å². The third kappa shape index (κ3) is 14.0. The van der Waals surface area contributed by atoms with Gasteiger partial charge < -0.3 is 19.8 Å². The summed E-state index contributed by atoms with van der Waals surface area (Å²) in [4.78, 5) is 26.2. The van der Waals surface area contributed by atoms with Crippen LogP contribution in [0, 0.1) is 0 Å². The fourth-order valence-corrected chi connectivity index (χ4v) is 1.03. The molecule has 1 radical (unpaired) electrons. The Labute approximate surface area is 133 Å². The predicted molar refractivity (Wildman–Crippen MR) is 68.8 cm³/mol. The average Bonchev–Trinajstić information content (AvgIpc) is 2.39. The van der Waals surface area contributed by atoms with Crippen molar-refractivity contribution >= 4 is 11.9 Å². The number of carbonyl (C=O) groups excluding carboxylic acids is 2. The van der Waals surface area contributed by atoms with E-state index in [1.54, 1.807) is 12.4 Å². The van der Waals surface area contributed by atoms with Crippen LogP contribution >= 0.6 is 0 Å². The summed E-state index contributed by atoms with van der Waals surface area (Å²) in [7, 11) is 0. The molecule has 0 aromatic carbocycles. The van der Waals surface area contributed by atoms with Gasteiger partial charge in [0.05, 0.1) is 11.4 Å². The minimum Gasteiger partial charge on any atom is -0.550 e. The van der Waals surface area contributed by atoms with E-state index in [9.17, 15) is 0 Å². The number of hydrogen-bond donors (Lipinski definition) is 0. The molecule has 115 valence electrons. The number of rotatable bonds is 1. The Kier molecular flexibility index (Phi) is 12.8. The van der Waals surface area contributed by atoms with Gasteiger partial charge in [0.1, 0.15) is 0 Å². The van der Waals surface area contributed by atoms with Gasteiger partial charge in [0, 0.05) is 24.3 Å². The number of carboxylic acid groups (broad SMARTS) is 2. The van der Waals surface area contributed by atoms with Gasteiger partial charge in [-0.1, -0.05) is 12.1 Å². The van der Waals surface area contributed by atoms with Crippen molar-refractivity contribution in [1.82, 2.24) is 9.97 Å². The smallest absolute Gasteiger partial charge is 0.550 e. The van der Waals surface area contributed by atoms with Crippen LogP contribution < -0.4 is 10.2 Å². The molecule has 7 heteroatoms. The van der Waals surface area contributed by atoms with Gasteiger partial charge in [-0.15, -0.1) is 0 Å². The van der Waals surface area contributed by atoms with Gasteiger partial charge in [-0.25, -0.2) is 0 Å². The van der Waals surface area contributed by atoms with E-state index in [-0.39, 0.29) is 17.1 Å². The summed E-state index contributed by atoms with van der Waals surface area (Å²) in [5.41, 5.74) is 1.83. The largest absolute Gasteiger partial charge is 2.00 e. The van der Waals surface area contributed by atoms with Gasteiger partial charge >= 0.3 is 17.1 Å². The van der Waals surface area contributed by atoms with E-state index in [0.717, 1.165) is 25.2 Å². The van der Waals surface area contributed by atoms with E-state index in [2.05, 4.69) is 9.97 Å². The zero-order valence-electron chi connectivity index (χ0n) is 11.4. The molecule has 0 fully saturated rings. The van der Waals surface area contributed by atoms with Crippen LogP contribution in [-0.2, 0) is 26.7 Å². The Morgan fingerprint density at radius 3 is 1.29 bits per heavy atom. The second-order valence-corrected chi connectivity index (χ2v) is 3.41. The van der Waals surface area contributed by atoms with Gasteiger partial charge in [-0.2, -0.15) is 0 Å². The second-order valence-electron chi connectivity index (χ2n) is 3.41. The third-order valence-corrected chi connectivity index (χ3v) is 1.59. The van der Waals surface area contributed by atoms with Crippen LogP contribution in [0.5, 0.6) is 0 Å². The molecule has 2 aromatic rings. The first-order valence-electron chi connectivity index (χ1n) is 5.61. The first-order chi connectivity index (χ1) is 9.43. The van der Waals surface area contributed by atoms with Crippen LogP contribution in [0.4, 0.5) is 0 Å². The molecular formula is C14H14CuN2O4. The maximum Gasteiger partial charge on any atom is 2.00 e. The molecule has 0 spiro atoms. The van der Waals surface area contributed by atoms with Crippen LogP contribution in [0.3, 0.4) is 0 Å². The number of carbonyl (C=O) groups is 2. The molecule has 2 aromatic heterocycles. The molecule has 0 N–H and O–H groups in total. The van der Waals surface area contributed by atoms with Crippen molar-refractivity contribution in [2.24, 2.45) is 0 Å². The third-order valence-electron chi connectivity index (χ3n) is 1.59. The normalized spacial score (nSPS) is 7.90. The van der Waals surface area contributed by atoms with Crippen LogP contribution in [-0.4, -0.2) is 21.9 Å². The van der Waals surface area contributed by atoms with Crippen LogP contribution in [0.25, 0.3) is 11.4 Å². The Morgan fingerprint density at radius 1 is 0.810 bits per heavy atom. The Hall–Kier alpha value is -2.24. The Balaban J connectivity index is 0. The minimum atomic E-state index is -1.08. The molecule has 0 atom stereocenters. The first kappa shape index (κ1) is 21.1. The molecule has 2 rings (SSSR count). The predicted octanol–water partition coefficient (Wildman–Crippen LogP) is -0.346. The van der Waals surface area contributed by atoms with Crippen molar-refractivity contribution in [1.29, 1.82) is 0 Å². The SMILES string of the molecule is CC(=O)[O-].CC(=O)[O-].[Cu+2].c1ccc(-c2ccccn2)nc1. The van der Waals surface area contributed by atoms with Crippen molar-refractivity contribution in [2.45, 2.75) is 13.8 Å². The van der Waals surface area contributed by atoms with Crippen molar-refractivity contribution in [3.05, 3.63) is 48.8 Å². The fraction of sp³-hybridized carbons (Fsp3) is 0.143. The maximum absolute atomic E-state index is 8.89. The Morgan fingerprint density at radius 2 is 1.10 bits per heavy atom. The number of pyridine rings is 2. The molecule has 0 saturated carbocycles. The topological polar surface area (TPSA) is 106 Å². The molecule has 6 nitrogen and oxygen atoms in total. The molecule has 0 saturated heterocycles. The molecular weight excluding hydrogens is 324 g/mol. The molecule has 2 heterocycles. The molecule has 0 aliphatic heterocycles. The average molecular weight is 338 g/mol. The van der Waals surface area contributed by atoms with Crippen molar-refractivity contribution in [3.8, 4) is 11.4 Å². The molecule has 0 aliphatic carbocycles. The zero-order valence-corrected chi connectivity index (χ0v) is 12.4. The molecule has 0 bridgehead atoms. The van der Waals surface area contributed by atoms with Gasteiger partial charge in [-0.3, -0.25) is 9.97 Å². The Bertz CT molecular complexity index is 464. The van der Waals surface area contributed by atoms with E-state index in [1.807, 2.05) is 36.4 Å². The molecule has 0 amide bonds. The van der Waals surface area contributed by atoms with Gasteiger partial charge in [0.2, 0.25) is 0 Å². The molecule has 0 unspecified atom stereocenters. The number of aliphatic carboxylic acids is 2. The maximum atomic E-state index is 8.89. The number of nitrogens with zero attached hydrogens (tertiary/aromatic N) is 2. The van der Waals surface area contributed by atoms with Crippen LogP contribution in [0.1, 0.15) is 13.8 Å². The number of aromatic nitrogens is 2. The first-order valence-corrected chi connectivity index (χ1v) is 5.61. The summed E-state index contributed by atoms with van der Waals surface area (Å²) >= 11 is 0. The summed E-state index contributed by atoms with van der Waals surface area (Å²) in [6.07, 6.45) is 3.54. The van der Waals surface area contributed by atoms with Crippen LogP contribution in [0.2, 0.25) is 0 Å². The second kappa shape index (κ2) is 12.8. The van der Waals surface area contributed by atoms with Gasteiger partial charge in [0.15, 0.2) is 0 Å². The fourth-order valence-electron chi connectivity index (χ4n) is 1.03. The van der Waals surface area contributed by atoms with E-state index in [1.165, 1.54) is 0 Å².